The predicted molar refractivity (Wildman–Crippen MR) is 21.4 cm³/mol. The number of halogens is 9. The monoisotopic (exact) mass is 219 g/mol. The van der Waals surface area contributed by atoms with Gasteiger partial charge in [0.15, 0.2) is 0 Å². The van der Waals surface area contributed by atoms with Gasteiger partial charge in [-0.15, -0.1) is 0 Å². The van der Waals surface area contributed by atoms with Crippen LogP contribution in [-0.2, 0) is 0 Å². The molecule has 0 amide bonds. The standard InChI is InChI=1S/C4F9/c5-1(6)2(7,3(8,9)10)4(11,12)13. The largest absolute Gasteiger partial charge is 0.438 e. The van der Waals surface area contributed by atoms with Crippen molar-refractivity contribution in [2.75, 3.05) is 0 Å². The third kappa shape index (κ3) is 1.83. The fourth-order valence-electron chi connectivity index (χ4n) is 0.375. The number of hydrogen-bond donors (Lipinski definition) is 0. The van der Waals surface area contributed by atoms with E-state index in [1.807, 2.05) is 0 Å². The minimum absolute atomic E-state index is 4.38. The molecule has 0 aromatic carbocycles. The van der Waals surface area contributed by atoms with Gasteiger partial charge in [-0.1, -0.05) is 0 Å². The molecule has 0 saturated heterocycles. The van der Waals surface area contributed by atoms with Gasteiger partial charge in [-0.25, -0.2) is 4.39 Å². The fourth-order valence-corrected chi connectivity index (χ4v) is 0.375. The first-order valence-corrected chi connectivity index (χ1v) is 2.45. The van der Waals surface area contributed by atoms with Crippen LogP contribution < -0.4 is 0 Å². The van der Waals surface area contributed by atoms with Crippen molar-refractivity contribution in [3.8, 4) is 0 Å². The highest BCUT2D eigenvalue weighted by Crippen LogP contribution is 2.52. The fraction of sp³-hybridized carbons (Fsp3) is 0.750. The number of hydrogen-bond acceptors (Lipinski definition) is 0. The van der Waals surface area contributed by atoms with Crippen LogP contribution in [0.25, 0.3) is 0 Å². The normalized spacial score (nSPS) is 15.2. The highest BCUT2D eigenvalue weighted by molar-refractivity contribution is 5.05. The zero-order chi connectivity index (χ0) is 11.1. The summed E-state index contributed by atoms with van der Waals surface area (Å²) in [4.78, 5) is 0. The van der Waals surface area contributed by atoms with Crippen molar-refractivity contribution >= 4 is 0 Å². The van der Waals surface area contributed by atoms with Gasteiger partial charge < -0.3 is 0 Å². The summed E-state index contributed by atoms with van der Waals surface area (Å²) in [5.74, 6) is 0. The first kappa shape index (κ1) is 12.4. The van der Waals surface area contributed by atoms with Crippen LogP contribution >= 0.6 is 0 Å². The lowest BCUT2D eigenvalue weighted by Gasteiger charge is -2.27. The van der Waals surface area contributed by atoms with Crippen molar-refractivity contribution < 1.29 is 39.5 Å². The third-order valence-electron chi connectivity index (χ3n) is 1.04. The summed E-state index contributed by atoms with van der Waals surface area (Å²) in [5.41, 5.74) is -6.54. The second kappa shape index (κ2) is 2.95. The summed E-state index contributed by atoms with van der Waals surface area (Å²) in [5, 5.41) is 0. The summed E-state index contributed by atoms with van der Waals surface area (Å²) >= 11 is 0. The molecule has 1 radical (unpaired) electrons. The maximum Gasteiger partial charge on any atom is 0.438 e. The van der Waals surface area contributed by atoms with E-state index in [0.29, 0.717) is 0 Å². The molecular weight excluding hydrogens is 219 g/mol. The Bertz CT molecular complexity index is 159. The van der Waals surface area contributed by atoms with Crippen LogP contribution in [0.15, 0.2) is 0 Å². The lowest BCUT2D eigenvalue weighted by atomic mass is 10.1. The molecular formula is C4F9. The number of rotatable bonds is 1. The van der Waals surface area contributed by atoms with Gasteiger partial charge in [-0.3, -0.25) is 0 Å². The summed E-state index contributed by atoms with van der Waals surface area (Å²) in [6, 6.07) is 0. The first-order valence-electron chi connectivity index (χ1n) is 2.45. The molecule has 0 nitrogen and oxygen atoms in total. The van der Waals surface area contributed by atoms with E-state index in [4.69, 9.17) is 0 Å². The highest BCUT2D eigenvalue weighted by Gasteiger charge is 2.79. The Balaban J connectivity index is 5.22. The molecule has 0 heterocycles. The van der Waals surface area contributed by atoms with Crippen molar-refractivity contribution in [3.63, 3.8) is 0 Å². The molecule has 13 heavy (non-hydrogen) atoms. The van der Waals surface area contributed by atoms with Crippen LogP contribution in [0.2, 0.25) is 0 Å². The highest BCUT2D eigenvalue weighted by atomic mass is 19.4. The van der Waals surface area contributed by atoms with E-state index in [-0.39, 0.29) is 0 Å². The van der Waals surface area contributed by atoms with E-state index >= 15 is 0 Å². The van der Waals surface area contributed by atoms with Gasteiger partial charge in [0.2, 0.25) is 0 Å². The molecule has 0 fully saturated rings. The Morgan fingerprint density at radius 1 is 0.615 bits per heavy atom. The van der Waals surface area contributed by atoms with E-state index in [2.05, 4.69) is 0 Å². The zero-order valence-corrected chi connectivity index (χ0v) is 5.40. The average molecular weight is 219 g/mol. The lowest BCUT2D eigenvalue weighted by Crippen LogP contribution is -2.55. The second-order valence-corrected chi connectivity index (χ2v) is 1.91. The molecule has 0 atom stereocenters. The second-order valence-electron chi connectivity index (χ2n) is 1.91. The quantitative estimate of drug-likeness (QED) is 0.593. The van der Waals surface area contributed by atoms with Crippen molar-refractivity contribution in [1.82, 2.24) is 0 Å². The smallest absolute Gasteiger partial charge is 0.216 e. The average Bonchev–Trinajstić information content (AvgIpc) is 1.80. The molecule has 0 spiro atoms. The lowest BCUT2D eigenvalue weighted by molar-refractivity contribution is -0.349. The molecule has 0 bridgehead atoms. The number of alkyl halides is 7. The summed E-state index contributed by atoms with van der Waals surface area (Å²) in [7, 11) is 0. The minimum Gasteiger partial charge on any atom is -0.216 e. The van der Waals surface area contributed by atoms with E-state index in [0.717, 1.165) is 0 Å². The van der Waals surface area contributed by atoms with Crippen LogP contribution in [0.3, 0.4) is 0 Å². The summed E-state index contributed by atoms with van der Waals surface area (Å²) < 4.78 is 102. The van der Waals surface area contributed by atoms with Crippen LogP contribution in [0.4, 0.5) is 39.5 Å². The van der Waals surface area contributed by atoms with Gasteiger partial charge in [-0.2, -0.15) is 35.1 Å². The molecule has 0 saturated carbocycles. The van der Waals surface area contributed by atoms with Crippen molar-refractivity contribution in [2.24, 2.45) is 0 Å². The first-order chi connectivity index (χ1) is 5.44. The molecule has 0 rings (SSSR count). The molecule has 0 aliphatic heterocycles. The summed E-state index contributed by atoms with van der Waals surface area (Å²) in [6.45, 7) is 0. The summed E-state index contributed by atoms with van der Waals surface area (Å²) in [6.07, 6.45) is -17.8. The Labute approximate surface area is 65.3 Å². The molecule has 0 unspecified atom stereocenters. The zero-order valence-electron chi connectivity index (χ0n) is 5.40. The van der Waals surface area contributed by atoms with Crippen molar-refractivity contribution in [1.29, 1.82) is 0 Å². The van der Waals surface area contributed by atoms with E-state index in [1.165, 1.54) is 0 Å². The van der Waals surface area contributed by atoms with Crippen LogP contribution in [-0.4, -0.2) is 18.0 Å². The van der Waals surface area contributed by atoms with Gasteiger partial charge in [0.05, 0.1) is 0 Å². The van der Waals surface area contributed by atoms with Gasteiger partial charge in [0.1, 0.15) is 0 Å². The maximum atomic E-state index is 11.9. The van der Waals surface area contributed by atoms with E-state index < -0.39 is 24.4 Å². The SMILES string of the molecule is F[C](F)C(F)(C(F)(F)F)C(F)(F)F. The molecule has 0 aliphatic rings. The molecule has 0 aliphatic carbocycles. The van der Waals surface area contributed by atoms with Crippen LogP contribution in [0.5, 0.6) is 0 Å². The molecule has 9 heteroatoms. The molecule has 0 aromatic rings. The van der Waals surface area contributed by atoms with Gasteiger partial charge in [-0.05, 0) is 0 Å². The third-order valence-corrected chi connectivity index (χ3v) is 1.04. The van der Waals surface area contributed by atoms with Crippen LogP contribution in [0.1, 0.15) is 0 Å². The molecule has 0 aromatic heterocycles. The Kier molecular flexibility index (Phi) is 2.80. The van der Waals surface area contributed by atoms with E-state index in [1.54, 1.807) is 0 Å². The maximum absolute atomic E-state index is 11.9. The Morgan fingerprint density at radius 2 is 0.846 bits per heavy atom. The molecule has 79 valence electrons. The Morgan fingerprint density at radius 3 is 0.846 bits per heavy atom. The van der Waals surface area contributed by atoms with E-state index in [9.17, 15) is 39.5 Å². The van der Waals surface area contributed by atoms with Gasteiger partial charge in [0.25, 0.3) is 0 Å². The van der Waals surface area contributed by atoms with Crippen LogP contribution in [0, 0.1) is 6.43 Å². The minimum atomic E-state index is -6.72. The Hall–Kier alpha value is -0.630. The van der Waals surface area contributed by atoms with Crippen molar-refractivity contribution in [3.05, 3.63) is 6.43 Å². The predicted octanol–water partition coefficient (Wildman–Crippen LogP) is 3.25. The molecule has 0 N–H and O–H groups in total. The van der Waals surface area contributed by atoms with Gasteiger partial charge in [0, 0.05) is 0 Å². The topological polar surface area (TPSA) is 0 Å². The van der Waals surface area contributed by atoms with Crippen molar-refractivity contribution in [2.45, 2.75) is 18.0 Å². The van der Waals surface area contributed by atoms with Gasteiger partial charge >= 0.3 is 24.4 Å².